The van der Waals surface area contributed by atoms with Crippen molar-refractivity contribution in [3.63, 3.8) is 0 Å². The molecule has 0 aromatic heterocycles. The third-order valence-electron chi connectivity index (χ3n) is 4.10. The van der Waals surface area contributed by atoms with E-state index >= 15 is 0 Å². The second-order valence-corrected chi connectivity index (χ2v) is 5.80. The topological polar surface area (TPSA) is 26.0 Å². The summed E-state index contributed by atoms with van der Waals surface area (Å²) in [6, 6.07) is 16.8. The number of fused-ring (bicyclic) bond motifs is 1. The lowest BCUT2D eigenvalue weighted by atomic mass is 9.92. The zero-order chi connectivity index (χ0) is 13.2. The van der Waals surface area contributed by atoms with Gasteiger partial charge in [0.1, 0.15) is 0 Å². The Balaban J connectivity index is 1.70. The van der Waals surface area contributed by atoms with Gasteiger partial charge in [-0.15, -0.1) is 0 Å². The second kappa shape index (κ2) is 5.36. The number of hydrogen-bond acceptors (Lipinski definition) is 1. The van der Waals surface area contributed by atoms with E-state index in [4.69, 9.17) is 17.3 Å². The molecule has 2 aromatic rings. The molecule has 1 aliphatic carbocycles. The van der Waals surface area contributed by atoms with Gasteiger partial charge in [0.25, 0.3) is 0 Å². The van der Waals surface area contributed by atoms with Crippen LogP contribution in [0, 0.1) is 5.92 Å². The molecule has 0 fully saturated rings. The SMILES string of the molecule is NC(Cc1ccccc1Cl)C1Cc2ccccc2C1. The van der Waals surface area contributed by atoms with E-state index in [1.807, 2.05) is 18.2 Å². The largest absolute Gasteiger partial charge is 0.327 e. The summed E-state index contributed by atoms with van der Waals surface area (Å²) in [5.41, 5.74) is 10.5. The van der Waals surface area contributed by atoms with Crippen molar-refractivity contribution in [2.45, 2.75) is 25.3 Å². The summed E-state index contributed by atoms with van der Waals surface area (Å²) in [6.07, 6.45) is 3.06. The molecule has 2 aromatic carbocycles. The van der Waals surface area contributed by atoms with Crippen LogP contribution >= 0.6 is 11.6 Å². The predicted octanol–water partition coefficient (Wildman–Crippen LogP) is 3.62. The summed E-state index contributed by atoms with van der Waals surface area (Å²) < 4.78 is 0. The van der Waals surface area contributed by atoms with Crippen LogP contribution in [0.1, 0.15) is 16.7 Å². The van der Waals surface area contributed by atoms with E-state index in [9.17, 15) is 0 Å². The molecular weight excluding hydrogens is 254 g/mol. The molecule has 0 saturated carbocycles. The Morgan fingerprint density at radius 3 is 2.21 bits per heavy atom. The Morgan fingerprint density at radius 1 is 1.00 bits per heavy atom. The molecule has 2 N–H and O–H groups in total. The first-order valence-electron chi connectivity index (χ1n) is 6.80. The molecule has 2 heteroatoms. The lowest BCUT2D eigenvalue weighted by Crippen LogP contribution is -2.32. The van der Waals surface area contributed by atoms with E-state index in [0.717, 1.165) is 29.8 Å². The highest BCUT2D eigenvalue weighted by atomic mass is 35.5. The quantitative estimate of drug-likeness (QED) is 0.907. The van der Waals surface area contributed by atoms with E-state index in [0.29, 0.717) is 5.92 Å². The molecule has 0 bridgehead atoms. The van der Waals surface area contributed by atoms with Gasteiger partial charge in [-0.05, 0) is 47.9 Å². The lowest BCUT2D eigenvalue weighted by molar-refractivity contribution is 0.437. The van der Waals surface area contributed by atoms with Crippen LogP contribution in [0.5, 0.6) is 0 Å². The fourth-order valence-electron chi connectivity index (χ4n) is 2.98. The van der Waals surface area contributed by atoms with E-state index in [1.54, 1.807) is 0 Å². The molecule has 1 unspecified atom stereocenters. The van der Waals surface area contributed by atoms with Crippen molar-refractivity contribution in [1.29, 1.82) is 0 Å². The minimum atomic E-state index is 0.173. The summed E-state index contributed by atoms with van der Waals surface area (Å²) in [7, 11) is 0. The second-order valence-electron chi connectivity index (χ2n) is 5.40. The minimum absolute atomic E-state index is 0.173. The van der Waals surface area contributed by atoms with E-state index in [2.05, 4.69) is 30.3 Å². The van der Waals surface area contributed by atoms with Crippen LogP contribution in [-0.4, -0.2) is 6.04 Å². The van der Waals surface area contributed by atoms with Crippen molar-refractivity contribution in [3.8, 4) is 0 Å². The Morgan fingerprint density at radius 2 is 1.58 bits per heavy atom. The lowest BCUT2D eigenvalue weighted by Gasteiger charge is -2.19. The van der Waals surface area contributed by atoms with Crippen molar-refractivity contribution in [1.82, 2.24) is 0 Å². The van der Waals surface area contributed by atoms with E-state index in [-0.39, 0.29) is 6.04 Å². The third kappa shape index (κ3) is 2.68. The summed E-state index contributed by atoms with van der Waals surface area (Å²) >= 11 is 6.21. The van der Waals surface area contributed by atoms with Crippen molar-refractivity contribution in [2.75, 3.05) is 0 Å². The van der Waals surface area contributed by atoms with Crippen LogP contribution in [0.2, 0.25) is 5.02 Å². The van der Waals surface area contributed by atoms with Crippen LogP contribution < -0.4 is 5.73 Å². The van der Waals surface area contributed by atoms with Gasteiger partial charge in [0.2, 0.25) is 0 Å². The molecule has 0 amide bonds. The van der Waals surface area contributed by atoms with Gasteiger partial charge >= 0.3 is 0 Å². The molecular formula is C17H18ClN. The van der Waals surface area contributed by atoms with Crippen LogP contribution in [-0.2, 0) is 19.3 Å². The highest BCUT2D eigenvalue weighted by Crippen LogP contribution is 2.29. The molecule has 0 heterocycles. The molecule has 3 rings (SSSR count). The van der Waals surface area contributed by atoms with Gasteiger partial charge in [0.15, 0.2) is 0 Å². The maximum atomic E-state index is 6.40. The van der Waals surface area contributed by atoms with E-state index < -0.39 is 0 Å². The number of halogens is 1. The van der Waals surface area contributed by atoms with Crippen LogP contribution in [0.3, 0.4) is 0 Å². The Hall–Kier alpha value is -1.31. The number of hydrogen-bond donors (Lipinski definition) is 1. The average Bonchev–Trinajstić information content (AvgIpc) is 2.85. The Bertz CT molecular complexity index is 554. The number of rotatable bonds is 3. The van der Waals surface area contributed by atoms with E-state index in [1.165, 1.54) is 11.1 Å². The molecule has 19 heavy (non-hydrogen) atoms. The standard InChI is InChI=1S/C17H18ClN/c18-16-8-4-3-7-14(16)11-17(19)15-9-12-5-1-2-6-13(12)10-15/h1-8,15,17H,9-11,19H2. The summed E-state index contributed by atoms with van der Waals surface area (Å²) in [5.74, 6) is 0.536. The number of benzene rings is 2. The van der Waals surface area contributed by atoms with Gasteiger partial charge < -0.3 is 5.73 Å². The first-order chi connectivity index (χ1) is 9.24. The maximum Gasteiger partial charge on any atom is 0.0438 e. The first-order valence-corrected chi connectivity index (χ1v) is 7.17. The summed E-state index contributed by atoms with van der Waals surface area (Å²) in [4.78, 5) is 0. The zero-order valence-corrected chi connectivity index (χ0v) is 11.6. The Labute approximate surface area is 119 Å². The van der Waals surface area contributed by atoms with Gasteiger partial charge in [-0.1, -0.05) is 54.1 Å². The van der Waals surface area contributed by atoms with Crippen molar-refractivity contribution in [3.05, 3.63) is 70.2 Å². The highest BCUT2D eigenvalue weighted by Gasteiger charge is 2.26. The molecule has 0 spiro atoms. The monoisotopic (exact) mass is 271 g/mol. The minimum Gasteiger partial charge on any atom is -0.327 e. The highest BCUT2D eigenvalue weighted by molar-refractivity contribution is 6.31. The van der Waals surface area contributed by atoms with Gasteiger partial charge in [-0.3, -0.25) is 0 Å². The molecule has 1 aliphatic rings. The first kappa shape index (κ1) is 12.7. The normalized spacial score (nSPS) is 16.3. The van der Waals surface area contributed by atoms with Crippen molar-refractivity contribution < 1.29 is 0 Å². The molecule has 0 radical (unpaired) electrons. The molecule has 1 nitrogen and oxygen atoms in total. The maximum absolute atomic E-state index is 6.40. The van der Waals surface area contributed by atoms with Gasteiger partial charge in [0.05, 0.1) is 0 Å². The van der Waals surface area contributed by atoms with Crippen LogP contribution in [0.15, 0.2) is 48.5 Å². The third-order valence-corrected chi connectivity index (χ3v) is 4.47. The number of nitrogens with two attached hydrogens (primary N) is 1. The Kier molecular flexibility index (Phi) is 3.58. The molecule has 1 atom stereocenters. The zero-order valence-electron chi connectivity index (χ0n) is 10.9. The fourth-order valence-corrected chi connectivity index (χ4v) is 3.19. The van der Waals surface area contributed by atoms with Gasteiger partial charge in [-0.2, -0.15) is 0 Å². The molecule has 0 aliphatic heterocycles. The molecule has 0 saturated heterocycles. The van der Waals surface area contributed by atoms with Gasteiger partial charge in [-0.25, -0.2) is 0 Å². The fraction of sp³-hybridized carbons (Fsp3) is 0.294. The average molecular weight is 272 g/mol. The van der Waals surface area contributed by atoms with Gasteiger partial charge in [0, 0.05) is 11.1 Å². The summed E-state index contributed by atoms with van der Waals surface area (Å²) in [5, 5.41) is 0.827. The molecule has 98 valence electrons. The summed E-state index contributed by atoms with van der Waals surface area (Å²) in [6.45, 7) is 0. The predicted molar refractivity (Wildman–Crippen MR) is 80.5 cm³/mol. The van der Waals surface area contributed by atoms with Crippen LogP contribution in [0.25, 0.3) is 0 Å². The smallest absolute Gasteiger partial charge is 0.0438 e. The van der Waals surface area contributed by atoms with Crippen molar-refractivity contribution >= 4 is 11.6 Å². The van der Waals surface area contributed by atoms with Crippen molar-refractivity contribution in [2.24, 2.45) is 11.7 Å². The van der Waals surface area contributed by atoms with Crippen LogP contribution in [0.4, 0.5) is 0 Å².